The van der Waals surface area contributed by atoms with Gasteiger partial charge in [0.15, 0.2) is 0 Å². The zero-order valence-electron chi connectivity index (χ0n) is 17.1. The summed E-state index contributed by atoms with van der Waals surface area (Å²) in [5.41, 5.74) is -0.344. The van der Waals surface area contributed by atoms with Crippen LogP contribution in [0.4, 0.5) is 8.78 Å². The van der Waals surface area contributed by atoms with E-state index in [1.807, 2.05) is 25.7 Å². The van der Waals surface area contributed by atoms with Gasteiger partial charge in [-0.15, -0.1) is 0 Å². The lowest BCUT2D eigenvalue weighted by molar-refractivity contribution is 0.0351. The Morgan fingerprint density at radius 2 is 1.82 bits per heavy atom. The van der Waals surface area contributed by atoms with Gasteiger partial charge in [-0.1, -0.05) is 6.07 Å². The summed E-state index contributed by atoms with van der Waals surface area (Å²) in [5.74, 6) is -1.55. The molecule has 1 atom stereocenters. The average molecular weight is 418 g/mol. The highest BCUT2D eigenvalue weighted by Crippen LogP contribution is 2.53. The number of halogens is 2. The van der Waals surface area contributed by atoms with Crippen LogP contribution in [-0.4, -0.2) is 36.7 Å². The molecule has 1 rings (SSSR count). The molecule has 0 aliphatic carbocycles. The Balaban J connectivity index is 3.30. The summed E-state index contributed by atoms with van der Waals surface area (Å²) in [7, 11) is -3.96. The van der Waals surface area contributed by atoms with Crippen LogP contribution in [0.25, 0.3) is 0 Å². The Labute approximate surface area is 166 Å². The normalized spacial score (nSPS) is 13.5. The van der Waals surface area contributed by atoms with Gasteiger partial charge >= 0.3 is 7.82 Å². The quantitative estimate of drug-likeness (QED) is 0.459. The van der Waals surface area contributed by atoms with Gasteiger partial charge in [-0.2, -0.15) is 5.26 Å². The highest BCUT2D eigenvalue weighted by atomic mass is 31.2. The van der Waals surface area contributed by atoms with E-state index >= 15 is 0 Å². The highest BCUT2D eigenvalue weighted by molar-refractivity contribution is 7.48. The molecule has 0 saturated carbocycles. The van der Waals surface area contributed by atoms with Crippen molar-refractivity contribution in [3.8, 4) is 6.07 Å². The van der Waals surface area contributed by atoms with Gasteiger partial charge in [0.2, 0.25) is 0 Å². The predicted octanol–water partition coefficient (Wildman–Crippen LogP) is 5.22. The Hall–Kier alpha value is -1.36. The van der Waals surface area contributed by atoms with Gasteiger partial charge in [0.05, 0.1) is 19.3 Å². The summed E-state index contributed by atoms with van der Waals surface area (Å²) in [4.78, 5) is 1.91. The minimum Gasteiger partial charge on any atom is -0.295 e. The maximum Gasteiger partial charge on any atom is 0.475 e. The molecule has 0 aliphatic rings. The van der Waals surface area contributed by atoms with E-state index in [2.05, 4.69) is 6.07 Å². The van der Waals surface area contributed by atoms with E-state index in [1.165, 1.54) is 6.07 Å². The first-order chi connectivity index (χ1) is 13.1. The predicted molar refractivity (Wildman–Crippen MR) is 103 cm³/mol. The lowest BCUT2D eigenvalue weighted by atomic mass is 10.0. The van der Waals surface area contributed by atoms with Crippen molar-refractivity contribution >= 4 is 7.82 Å². The highest BCUT2D eigenvalue weighted by Gasteiger charge is 2.35. The largest absolute Gasteiger partial charge is 0.475 e. The second kappa shape index (κ2) is 11.0. The van der Waals surface area contributed by atoms with Gasteiger partial charge < -0.3 is 0 Å². The number of hydrogen-bond donors (Lipinski definition) is 0. The third kappa shape index (κ3) is 7.57. The van der Waals surface area contributed by atoms with Crippen molar-refractivity contribution in [3.05, 3.63) is 35.4 Å². The van der Waals surface area contributed by atoms with Crippen molar-refractivity contribution in [1.82, 2.24) is 4.90 Å². The van der Waals surface area contributed by atoms with Crippen molar-refractivity contribution in [2.24, 2.45) is 0 Å². The van der Waals surface area contributed by atoms with E-state index in [0.29, 0.717) is 6.54 Å². The molecule has 0 aliphatic heterocycles. The molecule has 0 saturated heterocycles. The maximum absolute atomic E-state index is 14.5. The molecule has 158 valence electrons. The van der Waals surface area contributed by atoms with Crippen LogP contribution in [0.5, 0.6) is 0 Å². The Morgan fingerprint density at radius 1 is 1.21 bits per heavy atom. The molecule has 0 fully saturated rings. The van der Waals surface area contributed by atoms with Gasteiger partial charge in [-0.25, -0.2) is 13.3 Å². The molecule has 9 heteroatoms. The lowest BCUT2D eigenvalue weighted by Crippen LogP contribution is -2.44. The van der Waals surface area contributed by atoms with E-state index in [9.17, 15) is 13.3 Å². The monoisotopic (exact) mass is 418 g/mol. The number of nitrogens with zero attached hydrogens (tertiary/aromatic N) is 2. The van der Waals surface area contributed by atoms with Gasteiger partial charge in [0, 0.05) is 36.7 Å². The number of phosphoric acid groups is 1. The minimum absolute atomic E-state index is 0.0345. The van der Waals surface area contributed by atoms with Gasteiger partial charge in [0.25, 0.3) is 0 Å². The summed E-state index contributed by atoms with van der Waals surface area (Å²) in [5, 5.41) is 8.94. The van der Waals surface area contributed by atoms with E-state index in [0.717, 1.165) is 12.1 Å². The van der Waals surface area contributed by atoms with Crippen molar-refractivity contribution in [2.45, 2.75) is 52.7 Å². The number of hydrogen-bond acceptors (Lipinski definition) is 6. The summed E-state index contributed by atoms with van der Waals surface area (Å²) in [6, 6.07) is 5.19. The fraction of sp³-hybridized carbons (Fsp3) is 0.632. The van der Waals surface area contributed by atoms with Crippen molar-refractivity contribution in [2.75, 3.05) is 26.3 Å². The van der Waals surface area contributed by atoms with Crippen LogP contribution in [0, 0.1) is 23.0 Å². The van der Waals surface area contributed by atoms with Crippen LogP contribution in [0.1, 0.15) is 52.7 Å². The lowest BCUT2D eigenvalue weighted by Gasteiger charge is -2.38. The standard InChI is InChI=1S/C19H29F2N2O4P/c1-6-25-28(24,26-7-2)27-18(16-10-9-15(20)13-17(16)21)14-23(12-8-11-22)19(3,4)5/h9-10,13,18H,6-8,12,14H2,1-5H3/t18-/m1/s1. The third-order valence-corrected chi connectivity index (χ3v) is 5.63. The minimum atomic E-state index is -3.96. The molecule has 1 aromatic rings. The molecule has 0 N–H and O–H groups in total. The van der Waals surface area contributed by atoms with Gasteiger partial charge in [-0.3, -0.25) is 18.5 Å². The summed E-state index contributed by atoms with van der Waals surface area (Å²) in [6.45, 7) is 9.75. The van der Waals surface area contributed by atoms with Crippen LogP contribution < -0.4 is 0 Å². The number of rotatable bonds is 11. The molecule has 0 aromatic heterocycles. The maximum atomic E-state index is 14.5. The summed E-state index contributed by atoms with van der Waals surface area (Å²) < 4.78 is 56.8. The first-order valence-corrected chi connectivity index (χ1v) is 10.7. The molecule has 28 heavy (non-hydrogen) atoms. The average Bonchev–Trinajstić information content (AvgIpc) is 2.57. The second-order valence-electron chi connectivity index (χ2n) is 7.07. The molecule has 0 heterocycles. The topological polar surface area (TPSA) is 71.8 Å². The molecular formula is C19H29F2N2O4P. The van der Waals surface area contributed by atoms with E-state index < -0.39 is 25.6 Å². The Bertz CT molecular complexity index is 709. The van der Waals surface area contributed by atoms with E-state index in [4.69, 9.17) is 18.8 Å². The Morgan fingerprint density at radius 3 is 2.29 bits per heavy atom. The first kappa shape index (κ1) is 24.7. The van der Waals surface area contributed by atoms with Crippen LogP contribution >= 0.6 is 7.82 Å². The van der Waals surface area contributed by atoms with Crippen LogP contribution in [0.15, 0.2) is 18.2 Å². The van der Waals surface area contributed by atoms with Crippen LogP contribution in [-0.2, 0) is 18.1 Å². The van der Waals surface area contributed by atoms with Crippen molar-refractivity contribution in [1.29, 1.82) is 5.26 Å². The molecule has 0 unspecified atom stereocenters. The van der Waals surface area contributed by atoms with Crippen molar-refractivity contribution in [3.63, 3.8) is 0 Å². The molecule has 0 radical (unpaired) electrons. The summed E-state index contributed by atoms with van der Waals surface area (Å²) >= 11 is 0. The SMILES string of the molecule is CCOP(=O)(OCC)O[C@H](CN(CCC#N)C(C)(C)C)c1ccc(F)cc1F. The molecular weight excluding hydrogens is 389 g/mol. The van der Waals surface area contributed by atoms with Gasteiger partial charge in [-0.05, 0) is 40.7 Å². The molecule has 0 bridgehead atoms. The molecule has 6 nitrogen and oxygen atoms in total. The fourth-order valence-electron chi connectivity index (χ4n) is 2.61. The number of nitriles is 1. The smallest absolute Gasteiger partial charge is 0.295 e. The molecule has 1 aromatic carbocycles. The number of phosphoric ester groups is 1. The molecule has 0 spiro atoms. The third-order valence-electron chi connectivity index (χ3n) is 3.97. The zero-order valence-corrected chi connectivity index (χ0v) is 18.0. The zero-order chi connectivity index (χ0) is 21.4. The van der Waals surface area contributed by atoms with Crippen LogP contribution in [0.2, 0.25) is 0 Å². The second-order valence-corrected chi connectivity index (χ2v) is 8.69. The van der Waals surface area contributed by atoms with Crippen molar-refractivity contribution < 1.29 is 26.9 Å². The van der Waals surface area contributed by atoms with E-state index in [-0.39, 0.29) is 37.3 Å². The number of benzene rings is 1. The first-order valence-electron chi connectivity index (χ1n) is 9.20. The fourth-order valence-corrected chi connectivity index (χ4v) is 3.93. The molecule has 0 amide bonds. The van der Waals surface area contributed by atoms with Gasteiger partial charge in [0.1, 0.15) is 17.7 Å². The Kier molecular flexibility index (Phi) is 9.68. The summed E-state index contributed by atoms with van der Waals surface area (Å²) in [6.07, 6.45) is -0.799. The van der Waals surface area contributed by atoms with E-state index in [1.54, 1.807) is 13.8 Å². The van der Waals surface area contributed by atoms with Crippen LogP contribution in [0.3, 0.4) is 0 Å².